The Labute approximate surface area is 94.3 Å². The van der Waals surface area contributed by atoms with Gasteiger partial charge in [-0.05, 0) is 24.9 Å². The quantitative estimate of drug-likeness (QED) is 0.490. The first-order chi connectivity index (χ1) is 7.07. The Morgan fingerprint density at radius 3 is 2.67 bits per heavy atom. The van der Waals surface area contributed by atoms with Gasteiger partial charge in [0.25, 0.3) is 0 Å². The Bertz CT molecular complexity index is 212. The topological polar surface area (TPSA) is 98.2 Å². The number of nitrogens with one attached hydrogen (secondary N) is 1. The summed E-state index contributed by atoms with van der Waals surface area (Å²) in [4.78, 5) is 21.7. The summed E-state index contributed by atoms with van der Waals surface area (Å²) < 4.78 is 0. The van der Waals surface area contributed by atoms with Crippen molar-refractivity contribution in [2.75, 3.05) is 18.6 Å². The summed E-state index contributed by atoms with van der Waals surface area (Å²) in [7, 11) is 0. The van der Waals surface area contributed by atoms with Gasteiger partial charge in [0.05, 0.1) is 6.04 Å². The lowest BCUT2D eigenvalue weighted by molar-refractivity contribution is -0.123. The normalized spacial score (nSPS) is 12.1. The molecule has 0 spiro atoms. The number of hydrogen-bond donors (Lipinski definition) is 3. The van der Waals surface area contributed by atoms with Crippen molar-refractivity contribution in [1.82, 2.24) is 5.32 Å². The average Bonchev–Trinajstić information content (AvgIpc) is 2.20. The van der Waals surface area contributed by atoms with Gasteiger partial charge in [-0.1, -0.05) is 0 Å². The minimum atomic E-state index is -0.453. The van der Waals surface area contributed by atoms with Gasteiger partial charge in [0.15, 0.2) is 0 Å². The Hall–Kier alpha value is -0.750. The van der Waals surface area contributed by atoms with E-state index in [-0.39, 0.29) is 11.8 Å². The standard InChI is InChI=1S/C9H19N3O2S/c1-15-6-4-7(10)9(14)12-5-2-3-8(11)13/h7H,2-6,10H2,1H3,(H2,11,13)(H,12,14)/t7-/m0/s1. The lowest BCUT2D eigenvalue weighted by Crippen LogP contribution is -2.41. The Morgan fingerprint density at radius 2 is 2.13 bits per heavy atom. The van der Waals surface area contributed by atoms with E-state index < -0.39 is 6.04 Å². The molecule has 0 rings (SSSR count). The summed E-state index contributed by atoms with van der Waals surface area (Å²) in [5.41, 5.74) is 10.6. The molecule has 5 N–H and O–H groups in total. The number of carbonyl (C=O) groups is 2. The summed E-state index contributed by atoms with van der Waals surface area (Å²) >= 11 is 1.66. The van der Waals surface area contributed by atoms with E-state index in [2.05, 4.69) is 5.32 Å². The maximum absolute atomic E-state index is 11.3. The highest BCUT2D eigenvalue weighted by Crippen LogP contribution is 1.98. The van der Waals surface area contributed by atoms with Crippen LogP contribution in [0.2, 0.25) is 0 Å². The van der Waals surface area contributed by atoms with Crippen molar-refractivity contribution in [2.45, 2.75) is 25.3 Å². The molecule has 0 fully saturated rings. The van der Waals surface area contributed by atoms with Crippen LogP contribution in [-0.4, -0.2) is 36.4 Å². The maximum atomic E-state index is 11.3. The molecule has 0 saturated heterocycles. The van der Waals surface area contributed by atoms with Gasteiger partial charge in [0, 0.05) is 13.0 Å². The second kappa shape index (κ2) is 8.55. The van der Waals surface area contributed by atoms with Crippen LogP contribution in [0.25, 0.3) is 0 Å². The zero-order chi connectivity index (χ0) is 11.7. The number of amides is 2. The van der Waals surface area contributed by atoms with Gasteiger partial charge < -0.3 is 16.8 Å². The van der Waals surface area contributed by atoms with Gasteiger partial charge in [-0.15, -0.1) is 0 Å². The Morgan fingerprint density at radius 1 is 1.47 bits per heavy atom. The van der Waals surface area contributed by atoms with Crippen LogP contribution in [0.3, 0.4) is 0 Å². The van der Waals surface area contributed by atoms with Crippen molar-refractivity contribution in [3.05, 3.63) is 0 Å². The zero-order valence-corrected chi connectivity index (χ0v) is 9.81. The highest BCUT2D eigenvalue weighted by atomic mass is 32.2. The molecule has 1 atom stereocenters. The molecule has 0 aliphatic heterocycles. The van der Waals surface area contributed by atoms with E-state index >= 15 is 0 Å². The third kappa shape index (κ3) is 8.26. The van der Waals surface area contributed by atoms with E-state index in [0.717, 1.165) is 5.75 Å². The zero-order valence-electron chi connectivity index (χ0n) is 8.99. The molecule has 0 heterocycles. The van der Waals surface area contributed by atoms with Crippen molar-refractivity contribution >= 4 is 23.6 Å². The first-order valence-electron chi connectivity index (χ1n) is 4.88. The number of carbonyl (C=O) groups excluding carboxylic acids is 2. The first-order valence-corrected chi connectivity index (χ1v) is 6.28. The fraction of sp³-hybridized carbons (Fsp3) is 0.778. The first kappa shape index (κ1) is 14.2. The second-order valence-electron chi connectivity index (χ2n) is 3.25. The molecule has 0 bridgehead atoms. The molecule has 0 unspecified atom stereocenters. The highest BCUT2D eigenvalue weighted by Gasteiger charge is 2.11. The summed E-state index contributed by atoms with van der Waals surface area (Å²) in [6, 6.07) is -0.453. The maximum Gasteiger partial charge on any atom is 0.236 e. The number of primary amides is 1. The van der Waals surface area contributed by atoms with Crippen LogP contribution in [0, 0.1) is 0 Å². The third-order valence-corrected chi connectivity index (χ3v) is 2.51. The molecule has 88 valence electrons. The molecule has 0 saturated carbocycles. The predicted octanol–water partition coefficient (Wildman–Crippen LogP) is -0.551. The number of hydrogen-bond acceptors (Lipinski definition) is 4. The Balaban J connectivity index is 3.51. The Kier molecular flexibility index (Phi) is 8.12. The van der Waals surface area contributed by atoms with Crippen LogP contribution in [0.4, 0.5) is 0 Å². The summed E-state index contributed by atoms with van der Waals surface area (Å²) in [5, 5.41) is 2.67. The summed E-state index contributed by atoms with van der Waals surface area (Å²) in [5.74, 6) is 0.361. The SMILES string of the molecule is CSCC[C@H](N)C(=O)NCCCC(N)=O. The van der Waals surface area contributed by atoms with Crippen LogP contribution in [0.15, 0.2) is 0 Å². The van der Waals surface area contributed by atoms with Gasteiger partial charge in [0.1, 0.15) is 0 Å². The van der Waals surface area contributed by atoms with Crippen molar-refractivity contribution in [3.8, 4) is 0 Å². The van der Waals surface area contributed by atoms with Crippen LogP contribution in [0.1, 0.15) is 19.3 Å². The van der Waals surface area contributed by atoms with E-state index in [0.29, 0.717) is 25.8 Å². The average molecular weight is 233 g/mol. The predicted molar refractivity (Wildman–Crippen MR) is 62.4 cm³/mol. The monoisotopic (exact) mass is 233 g/mol. The van der Waals surface area contributed by atoms with Crippen LogP contribution in [0.5, 0.6) is 0 Å². The van der Waals surface area contributed by atoms with Crippen LogP contribution < -0.4 is 16.8 Å². The van der Waals surface area contributed by atoms with Crippen molar-refractivity contribution < 1.29 is 9.59 Å². The van der Waals surface area contributed by atoms with Crippen LogP contribution >= 0.6 is 11.8 Å². The molecule has 0 aromatic rings. The molecule has 15 heavy (non-hydrogen) atoms. The van der Waals surface area contributed by atoms with Crippen molar-refractivity contribution in [1.29, 1.82) is 0 Å². The molecule has 0 radical (unpaired) electrons. The van der Waals surface area contributed by atoms with E-state index in [9.17, 15) is 9.59 Å². The second-order valence-corrected chi connectivity index (χ2v) is 4.23. The molecule has 0 aromatic heterocycles. The summed E-state index contributed by atoms with van der Waals surface area (Å²) in [6.07, 6.45) is 3.50. The third-order valence-electron chi connectivity index (χ3n) is 1.87. The van der Waals surface area contributed by atoms with Gasteiger partial charge in [-0.3, -0.25) is 9.59 Å². The van der Waals surface area contributed by atoms with E-state index in [1.807, 2.05) is 6.26 Å². The smallest absolute Gasteiger partial charge is 0.236 e. The fourth-order valence-electron chi connectivity index (χ4n) is 0.981. The molecule has 0 aromatic carbocycles. The van der Waals surface area contributed by atoms with Gasteiger partial charge in [-0.25, -0.2) is 0 Å². The van der Waals surface area contributed by atoms with E-state index in [4.69, 9.17) is 11.5 Å². The molecule has 0 aliphatic carbocycles. The number of nitrogens with two attached hydrogens (primary N) is 2. The molecular weight excluding hydrogens is 214 g/mol. The molecule has 0 aliphatic rings. The number of thioether (sulfide) groups is 1. The van der Waals surface area contributed by atoms with Crippen LogP contribution in [-0.2, 0) is 9.59 Å². The van der Waals surface area contributed by atoms with Gasteiger partial charge in [0.2, 0.25) is 11.8 Å². The van der Waals surface area contributed by atoms with Crippen molar-refractivity contribution in [2.24, 2.45) is 11.5 Å². The molecular formula is C9H19N3O2S. The lowest BCUT2D eigenvalue weighted by atomic mass is 10.2. The summed E-state index contributed by atoms with van der Waals surface area (Å²) in [6.45, 7) is 0.453. The minimum Gasteiger partial charge on any atom is -0.370 e. The molecule has 2 amide bonds. The molecule has 6 heteroatoms. The lowest BCUT2D eigenvalue weighted by Gasteiger charge is -2.10. The molecule has 5 nitrogen and oxygen atoms in total. The number of rotatable bonds is 8. The fourth-order valence-corrected chi connectivity index (χ4v) is 1.47. The highest BCUT2D eigenvalue weighted by molar-refractivity contribution is 7.98. The largest absolute Gasteiger partial charge is 0.370 e. The van der Waals surface area contributed by atoms with Gasteiger partial charge in [-0.2, -0.15) is 11.8 Å². The van der Waals surface area contributed by atoms with Crippen molar-refractivity contribution in [3.63, 3.8) is 0 Å². The van der Waals surface area contributed by atoms with Gasteiger partial charge >= 0.3 is 0 Å². The minimum absolute atomic E-state index is 0.159. The van der Waals surface area contributed by atoms with E-state index in [1.54, 1.807) is 11.8 Å². The van der Waals surface area contributed by atoms with E-state index in [1.165, 1.54) is 0 Å².